The van der Waals surface area contributed by atoms with E-state index >= 15 is 0 Å². The Labute approximate surface area is 154 Å². The summed E-state index contributed by atoms with van der Waals surface area (Å²) in [6, 6.07) is 12.3. The van der Waals surface area contributed by atoms with E-state index in [9.17, 15) is 19.5 Å². The number of nitrogens with one attached hydrogen (secondary N) is 2. The molecule has 7 nitrogen and oxygen atoms in total. The monoisotopic (exact) mass is 376 g/mol. The molecule has 0 bridgehead atoms. The third-order valence-electron chi connectivity index (χ3n) is 3.37. The first kappa shape index (κ1) is 19.3. The molecule has 1 unspecified atom stereocenters. The first-order valence-corrected chi connectivity index (χ1v) is 8.06. The van der Waals surface area contributed by atoms with Crippen LogP contribution in [0.4, 0.5) is 4.79 Å². The topological polar surface area (TPSA) is 105 Å². The molecule has 26 heavy (non-hydrogen) atoms. The number of aromatic hydroxyl groups is 1. The molecule has 0 saturated heterocycles. The summed E-state index contributed by atoms with van der Waals surface area (Å²) in [4.78, 5) is 35.7. The van der Waals surface area contributed by atoms with Crippen LogP contribution in [0.25, 0.3) is 0 Å². The van der Waals surface area contributed by atoms with Crippen molar-refractivity contribution in [1.82, 2.24) is 10.6 Å². The number of carbonyl (C=O) groups excluding carboxylic acids is 3. The van der Waals surface area contributed by atoms with E-state index < -0.39 is 24.0 Å². The second kappa shape index (κ2) is 8.87. The smallest absolute Gasteiger partial charge is 0.342 e. The largest absolute Gasteiger partial charge is 0.507 e. The van der Waals surface area contributed by atoms with E-state index in [2.05, 4.69) is 10.6 Å². The molecule has 3 N–H and O–H groups in total. The third kappa shape index (κ3) is 5.49. The van der Waals surface area contributed by atoms with E-state index in [4.69, 9.17) is 16.3 Å². The lowest BCUT2D eigenvalue weighted by atomic mass is 10.2. The Morgan fingerprint density at radius 1 is 1.15 bits per heavy atom. The predicted octanol–water partition coefficient (Wildman–Crippen LogP) is 2.62. The summed E-state index contributed by atoms with van der Waals surface area (Å²) in [5.74, 6) is -2.07. The summed E-state index contributed by atoms with van der Waals surface area (Å²) in [5.41, 5.74) is 0.732. The van der Waals surface area contributed by atoms with Crippen LogP contribution in [0, 0.1) is 0 Å². The van der Waals surface area contributed by atoms with Crippen molar-refractivity contribution in [3.63, 3.8) is 0 Å². The Balaban J connectivity index is 1.84. The number of hydrogen-bond acceptors (Lipinski definition) is 5. The fraction of sp³-hybridized carbons (Fsp3) is 0.167. The summed E-state index contributed by atoms with van der Waals surface area (Å²) < 4.78 is 4.95. The van der Waals surface area contributed by atoms with Gasteiger partial charge in [-0.15, -0.1) is 0 Å². The molecule has 0 aliphatic carbocycles. The fourth-order valence-electron chi connectivity index (χ4n) is 1.99. The number of esters is 1. The highest BCUT2D eigenvalue weighted by Crippen LogP contribution is 2.22. The second-order valence-corrected chi connectivity index (χ2v) is 5.80. The van der Waals surface area contributed by atoms with E-state index in [-0.39, 0.29) is 22.9 Å². The fourth-order valence-corrected chi connectivity index (χ4v) is 2.16. The lowest BCUT2D eigenvalue weighted by molar-refractivity contribution is -0.127. The van der Waals surface area contributed by atoms with Crippen LogP contribution in [-0.4, -0.2) is 29.1 Å². The van der Waals surface area contributed by atoms with Gasteiger partial charge in [-0.2, -0.15) is 0 Å². The number of phenolic OH excluding ortho intramolecular Hbond substituents is 1. The number of urea groups is 1. The molecule has 2 rings (SSSR count). The Morgan fingerprint density at radius 3 is 2.50 bits per heavy atom. The number of carbonyl (C=O) groups is 3. The van der Waals surface area contributed by atoms with Crippen LogP contribution in [0.3, 0.4) is 0 Å². The van der Waals surface area contributed by atoms with Crippen molar-refractivity contribution in [3.8, 4) is 5.75 Å². The summed E-state index contributed by atoms with van der Waals surface area (Å²) in [7, 11) is 0. The minimum absolute atomic E-state index is 0.137. The quantitative estimate of drug-likeness (QED) is 0.696. The Morgan fingerprint density at radius 2 is 1.85 bits per heavy atom. The number of halogens is 1. The zero-order valence-corrected chi connectivity index (χ0v) is 14.6. The molecule has 0 aliphatic rings. The molecule has 0 aliphatic heterocycles. The molecule has 0 fully saturated rings. The highest BCUT2D eigenvalue weighted by Gasteiger charge is 2.22. The predicted molar refractivity (Wildman–Crippen MR) is 94.8 cm³/mol. The number of hydrogen-bond donors (Lipinski definition) is 3. The van der Waals surface area contributed by atoms with Gasteiger partial charge in [-0.05, 0) is 30.7 Å². The van der Waals surface area contributed by atoms with Gasteiger partial charge in [0.25, 0.3) is 5.91 Å². The molecule has 2 aromatic carbocycles. The maximum atomic E-state index is 12.0. The maximum absolute atomic E-state index is 12.0. The van der Waals surface area contributed by atoms with E-state index in [1.807, 2.05) is 30.3 Å². The third-order valence-corrected chi connectivity index (χ3v) is 3.60. The Kier molecular flexibility index (Phi) is 6.57. The highest BCUT2D eigenvalue weighted by atomic mass is 35.5. The SMILES string of the molecule is CC(OC(=O)c1ccc(Cl)cc1O)C(=O)NC(=O)NCc1ccccc1. The normalized spacial score (nSPS) is 11.3. The molecule has 8 heteroatoms. The van der Waals surface area contributed by atoms with Crippen LogP contribution >= 0.6 is 11.6 Å². The number of amides is 3. The van der Waals surface area contributed by atoms with Crippen molar-refractivity contribution in [2.45, 2.75) is 19.6 Å². The standard InChI is InChI=1S/C18H17ClN2O5/c1-11(26-17(24)14-8-7-13(19)9-15(14)22)16(23)21-18(25)20-10-12-5-3-2-4-6-12/h2-9,11,22H,10H2,1H3,(H2,20,21,23,25). The van der Waals surface area contributed by atoms with Crippen molar-refractivity contribution in [1.29, 1.82) is 0 Å². The average molecular weight is 377 g/mol. The summed E-state index contributed by atoms with van der Waals surface area (Å²) in [6.07, 6.45) is -1.24. The number of phenols is 1. The van der Waals surface area contributed by atoms with Gasteiger partial charge in [0.05, 0.1) is 0 Å². The molecule has 2 aromatic rings. The molecule has 1 atom stereocenters. The molecular formula is C18H17ClN2O5. The van der Waals surface area contributed by atoms with E-state index in [1.54, 1.807) is 0 Å². The Hall–Kier alpha value is -3.06. The van der Waals surface area contributed by atoms with E-state index in [0.717, 1.165) is 5.56 Å². The molecule has 136 valence electrons. The van der Waals surface area contributed by atoms with E-state index in [0.29, 0.717) is 0 Å². The first-order chi connectivity index (χ1) is 12.4. The summed E-state index contributed by atoms with van der Waals surface area (Å²) in [5, 5.41) is 14.5. The first-order valence-electron chi connectivity index (χ1n) is 7.69. The maximum Gasteiger partial charge on any atom is 0.342 e. The van der Waals surface area contributed by atoms with Gasteiger partial charge in [0.15, 0.2) is 6.10 Å². The van der Waals surface area contributed by atoms with Crippen molar-refractivity contribution in [2.24, 2.45) is 0 Å². The van der Waals surface area contributed by atoms with Gasteiger partial charge in [-0.3, -0.25) is 10.1 Å². The van der Waals surface area contributed by atoms with Crippen LogP contribution < -0.4 is 10.6 Å². The average Bonchev–Trinajstić information content (AvgIpc) is 2.60. The Bertz CT molecular complexity index is 810. The molecular weight excluding hydrogens is 360 g/mol. The van der Waals surface area contributed by atoms with Gasteiger partial charge >= 0.3 is 12.0 Å². The number of imide groups is 1. The van der Waals surface area contributed by atoms with E-state index in [1.165, 1.54) is 25.1 Å². The molecule has 0 heterocycles. The zero-order chi connectivity index (χ0) is 19.1. The molecule has 0 spiro atoms. The van der Waals surface area contributed by atoms with Crippen LogP contribution in [0.5, 0.6) is 5.75 Å². The van der Waals surface area contributed by atoms with Crippen molar-refractivity contribution in [2.75, 3.05) is 0 Å². The molecule has 0 saturated carbocycles. The molecule has 0 radical (unpaired) electrons. The zero-order valence-electron chi connectivity index (χ0n) is 13.9. The molecule has 0 aromatic heterocycles. The summed E-state index contributed by atoms with van der Waals surface area (Å²) >= 11 is 5.69. The lowest BCUT2D eigenvalue weighted by Crippen LogP contribution is -2.44. The number of rotatable bonds is 5. The van der Waals surface area contributed by atoms with Gasteiger partial charge in [-0.1, -0.05) is 41.9 Å². The number of benzene rings is 2. The van der Waals surface area contributed by atoms with Gasteiger partial charge in [0, 0.05) is 11.6 Å². The van der Waals surface area contributed by atoms with Crippen LogP contribution in [0.1, 0.15) is 22.8 Å². The van der Waals surface area contributed by atoms with Crippen molar-refractivity contribution < 1.29 is 24.2 Å². The number of ether oxygens (including phenoxy) is 1. The van der Waals surface area contributed by atoms with Gasteiger partial charge < -0.3 is 15.2 Å². The van der Waals surface area contributed by atoms with Crippen LogP contribution in [-0.2, 0) is 16.1 Å². The highest BCUT2D eigenvalue weighted by molar-refractivity contribution is 6.30. The van der Waals surface area contributed by atoms with Crippen molar-refractivity contribution >= 4 is 29.5 Å². The summed E-state index contributed by atoms with van der Waals surface area (Å²) in [6.45, 7) is 1.55. The van der Waals surface area contributed by atoms with Crippen LogP contribution in [0.2, 0.25) is 5.02 Å². The molecule has 3 amide bonds. The minimum Gasteiger partial charge on any atom is -0.507 e. The second-order valence-electron chi connectivity index (χ2n) is 5.37. The van der Waals surface area contributed by atoms with Gasteiger partial charge in [-0.25, -0.2) is 9.59 Å². The van der Waals surface area contributed by atoms with Gasteiger partial charge in [0.1, 0.15) is 11.3 Å². The minimum atomic E-state index is -1.24. The van der Waals surface area contributed by atoms with Gasteiger partial charge in [0.2, 0.25) is 0 Å². The lowest BCUT2D eigenvalue weighted by Gasteiger charge is -2.14. The van der Waals surface area contributed by atoms with Crippen molar-refractivity contribution in [3.05, 3.63) is 64.7 Å². The van der Waals surface area contributed by atoms with Crippen LogP contribution in [0.15, 0.2) is 48.5 Å².